The van der Waals surface area contributed by atoms with Crippen molar-refractivity contribution >= 4 is 22.2 Å². The number of hydrogen-bond donors (Lipinski definition) is 0. The maximum absolute atomic E-state index is 6.17. The predicted molar refractivity (Wildman–Crippen MR) is 97.9 cm³/mol. The van der Waals surface area contributed by atoms with Gasteiger partial charge in [-0.05, 0) is 0 Å². The van der Waals surface area contributed by atoms with Gasteiger partial charge in [0.05, 0.1) is 0 Å². The van der Waals surface area contributed by atoms with E-state index in [9.17, 15) is 0 Å². The molecule has 0 unspecified atom stereocenters. The molecule has 1 aromatic heterocycles. The molecular formula is C19H34O3Sn. The van der Waals surface area contributed by atoms with Crippen LogP contribution in [-0.2, 0) is 9.47 Å². The van der Waals surface area contributed by atoms with Crippen molar-refractivity contribution in [3.05, 3.63) is 17.9 Å². The van der Waals surface area contributed by atoms with Crippen LogP contribution in [0.15, 0.2) is 16.7 Å². The summed E-state index contributed by atoms with van der Waals surface area (Å²) in [4.78, 5) is 0. The van der Waals surface area contributed by atoms with E-state index in [0.29, 0.717) is 13.2 Å². The van der Waals surface area contributed by atoms with Gasteiger partial charge in [-0.25, -0.2) is 0 Å². The summed E-state index contributed by atoms with van der Waals surface area (Å²) in [5, 5.41) is 0. The first-order chi connectivity index (χ1) is 11.3. The molecule has 0 atom stereocenters. The van der Waals surface area contributed by atoms with E-state index >= 15 is 0 Å². The van der Waals surface area contributed by atoms with E-state index in [-0.39, 0.29) is 6.29 Å². The molecule has 0 aliphatic carbocycles. The average Bonchev–Trinajstić information content (AvgIpc) is 3.25. The van der Waals surface area contributed by atoms with Gasteiger partial charge >= 0.3 is 146 Å². The molecular weight excluding hydrogens is 395 g/mol. The monoisotopic (exact) mass is 430 g/mol. The molecule has 2 heterocycles. The average molecular weight is 429 g/mol. The first-order valence-electron chi connectivity index (χ1n) is 9.58. The summed E-state index contributed by atoms with van der Waals surface area (Å²) in [5.41, 5.74) is 1.22. The van der Waals surface area contributed by atoms with Gasteiger partial charge in [0.15, 0.2) is 0 Å². The molecule has 0 bridgehead atoms. The molecule has 0 amide bonds. The van der Waals surface area contributed by atoms with E-state index in [2.05, 4.69) is 26.8 Å². The Morgan fingerprint density at radius 1 is 0.913 bits per heavy atom. The van der Waals surface area contributed by atoms with Crippen molar-refractivity contribution in [3.8, 4) is 0 Å². The molecule has 4 heteroatoms. The zero-order valence-electron chi connectivity index (χ0n) is 15.2. The van der Waals surface area contributed by atoms with Gasteiger partial charge in [-0.3, -0.25) is 0 Å². The molecule has 0 saturated carbocycles. The molecule has 1 fully saturated rings. The Bertz CT molecular complexity index is 416. The number of rotatable bonds is 11. The fraction of sp³-hybridized carbons (Fsp3) is 0.789. The third-order valence-corrected chi connectivity index (χ3v) is 20.2. The second-order valence-corrected chi connectivity index (χ2v) is 19.8. The van der Waals surface area contributed by atoms with Crippen LogP contribution < -0.4 is 3.78 Å². The molecule has 0 spiro atoms. The van der Waals surface area contributed by atoms with Gasteiger partial charge in [0, 0.05) is 0 Å². The van der Waals surface area contributed by atoms with Crippen molar-refractivity contribution in [1.82, 2.24) is 0 Å². The normalized spacial score (nSPS) is 16.3. The molecule has 23 heavy (non-hydrogen) atoms. The molecule has 0 radical (unpaired) electrons. The van der Waals surface area contributed by atoms with Crippen molar-refractivity contribution < 1.29 is 13.9 Å². The maximum atomic E-state index is 6.17. The van der Waals surface area contributed by atoms with Crippen LogP contribution in [0.1, 0.15) is 71.1 Å². The SMILES string of the molecule is CCC[CH2][Sn]([CH2]CCC)([CH2]CCC)[c]1occc1C1OCCO1. The Kier molecular flexibility index (Phi) is 8.48. The topological polar surface area (TPSA) is 31.6 Å². The fourth-order valence-electron chi connectivity index (χ4n) is 3.73. The first-order valence-corrected chi connectivity index (χ1v) is 17.1. The van der Waals surface area contributed by atoms with Crippen LogP contribution in [0, 0.1) is 0 Å². The summed E-state index contributed by atoms with van der Waals surface area (Å²) in [6.45, 7) is 8.33. The number of ether oxygens (including phenoxy) is 2. The van der Waals surface area contributed by atoms with E-state index in [0.717, 1.165) is 0 Å². The Morgan fingerprint density at radius 2 is 1.43 bits per heavy atom. The van der Waals surface area contributed by atoms with Crippen LogP contribution >= 0.6 is 0 Å². The molecule has 1 saturated heterocycles. The molecule has 0 N–H and O–H groups in total. The van der Waals surface area contributed by atoms with E-state index in [4.69, 9.17) is 13.9 Å². The number of unbranched alkanes of at least 4 members (excludes halogenated alkanes) is 3. The van der Waals surface area contributed by atoms with E-state index in [1.165, 1.54) is 61.2 Å². The standard InChI is InChI=1S/C7H7O3.3C4H9.Sn/c1-2-8-5-6(1)7-9-3-4-10-7;3*1-3-4-2;/h1-2,7H,3-4H2;3*1,3-4H2,2H3;. The third-order valence-electron chi connectivity index (χ3n) is 5.08. The van der Waals surface area contributed by atoms with Gasteiger partial charge < -0.3 is 0 Å². The van der Waals surface area contributed by atoms with E-state index in [1.807, 2.05) is 6.26 Å². The summed E-state index contributed by atoms with van der Waals surface area (Å²) in [6.07, 6.45) is 9.58. The molecule has 132 valence electrons. The summed E-state index contributed by atoms with van der Waals surface area (Å²) < 4.78 is 23.4. The summed E-state index contributed by atoms with van der Waals surface area (Å²) in [6, 6.07) is 2.11. The molecule has 0 aromatic carbocycles. The Hall–Kier alpha value is -0.00130. The van der Waals surface area contributed by atoms with Crippen LogP contribution in [0.25, 0.3) is 0 Å². The Labute approximate surface area is 146 Å². The number of furan rings is 1. The molecule has 2 rings (SSSR count). The van der Waals surface area contributed by atoms with Gasteiger partial charge in [-0.1, -0.05) is 0 Å². The van der Waals surface area contributed by atoms with Crippen LogP contribution in [0.3, 0.4) is 0 Å². The fourth-order valence-corrected chi connectivity index (χ4v) is 19.9. The molecule has 1 aromatic rings. The van der Waals surface area contributed by atoms with Gasteiger partial charge in [-0.2, -0.15) is 0 Å². The molecule has 1 aliphatic heterocycles. The number of hydrogen-bond acceptors (Lipinski definition) is 3. The van der Waals surface area contributed by atoms with Gasteiger partial charge in [0.25, 0.3) is 0 Å². The van der Waals surface area contributed by atoms with Crippen molar-refractivity contribution in [2.75, 3.05) is 13.2 Å². The predicted octanol–water partition coefficient (Wildman–Crippen LogP) is 5.38. The van der Waals surface area contributed by atoms with E-state index < -0.39 is 18.4 Å². The van der Waals surface area contributed by atoms with Crippen LogP contribution in [0.2, 0.25) is 13.3 Å². The quantitative estimate of drug-likeness (QED) is 0.443. The van der Waals surface area contributed by atoms with Crippen molar-refractivity contribution in [2.24, 2.45) is 0 Å². The van der Waals surface area contributed by atoms with Crippen molar-refractivity contribution in [1.29, 1.82) is 0 Å². The van der Waals surface area contributed by atoms with Crippen LogP contribution in [0.4, 0.5) is 0 Å². The van der Waals surface area contributed by atoms with Crippen molar-refractivity contribution in [2.45, 2.75) is 78.9 Å². The Morgan fingerprint density at radius 3 is 1.91 bits per heavy atom. The minimum absolute atomic E-state index is 0.176. The van der Waals surface area contributed by atoms with Gasteiger partial charge in [0.2, 0.25) is 0 Å². The van der Waals surface area contributed by atoms with Crippen molar-refractivity contribution in [3.63, 3.8) is 0 Å². The second kappa shape index (κ2) is 10.1. The zero-order chi connectivity index (χ0) is 16.5. The Balaban J connectivity index is 2.31. The van der Waals surface area contributed by atoms with Crippen LogP contribution in [-0.4, -0.2) is 31.6 Å². The second-order valence-electron chi connectivity index (χ2n) is 6.87. The summed E-state index contributed by atoms with van der Waals surface area (Å²) in [7, 11) is 0. The molecule has 3 nitrogen and oxygen atoms in total. The van der Waals surface area contributed by atoms with E-state index in [1.54, 1.807) is 0 Å². The van der Waals surface area contributed by atoms with Crippen LogP contribution in [0.5, 0.6) is 0 Å². The van der Waals surface area contributed by atoms with Gasteiger partial charge in [-0.15, -0.1) is 0 Å². The summed E-state index contributed by atoms with van der Waals surface area (Å²) in [5.74, 6) is 0. The zero-order valence-corrected chi connectivity index (χ0v) is 18.1. The molecule has 1 aliphatic rings. The minimum atomic E-state index is -2.53. The summed E-state index contributed by atoms with van der Waals surface area (Å²) >= 11 is -2.53. The first kappa shape index (κ1) is 19.3. The third kappa shape index (κ3) is 4.99. The van der Waals surface area contributed by atoms with Gasteiger partial charge in [0.1, 0.15) is 0 Å².